The highest BCUT2D eigenvalue weighted by Crippen LogP contribution is 2.18. The van der Waals surface area contributed by atoms with E-state index in [-0.39, 0.29) is 6.61 Å². The summed E-state index contributed by atoms with van der Waals surface area (Å²) in [5, 5.41) is 8.72. The summed E-state index contributed by atoms with van der Waals surface area (Å²) in [5.41, 5.74) is 2.65. The van der Waals surface area contributed by atoms with Crippen LogP contribution in [0, 0.1) is 18.8 Å². The molecule has 0 fully saturated rings. The first kappa shape index (κ1) is 15.8. The monoisotopic (exact) mass is 299 g/mol. The fourth-order valence-electron chi connectivity index (χ4n) is 2.18. The average Bonchev–Trinajstić information content (AvgIpc) is 2.86. The third-order valence-corrected chi connectivity index (χ3v) is 4.06. The number of hydrogen-bond donors (Lipinski definition) is 1. The number of aliphatic hydroxyl groups is 1. The van der Waals surface area contributed by atoms with Gasteiger partial charge in [-0.05, 0) is 31.7 Å². The van der Waals surface area contributed by atoms with E-state index in [1.807, 2.05) is 0 Å². The predicted molar refractivity (Wildman–Crippen MR) is 89.2 cm³/mol. The molecule has 0 radical (unpaired) electrons. The molecule has 2 nitrogen and oxygen atoms in total. The molecular formula is C18H21NOS. The van der Waals surface area contributed by atoms with Gasteiger partial charge in [-0.2, -0.15) is 0 Å². The van der Waals surface area contributed by atoms with Crippen molar-refractivity contribution in [3.8, 4) is 11.8 Å². The van der Waals surface area contributed by atoms with Crippen molar-refractivity contribution in [3.05, 3.63) is 57.3 Å². The maximum atomic E-state index is 8.72. The molecule has 21 heavy (non-hydrogen) atoms. The van der Waals surface area contributed by atoms with E-state index in [4.69, 9.17) is 5.11 Å². The molecule has 1 heterocycles. The smallest absolute Gasteiger partial charge is 0.0771 e. The second-order valence-electron chi connectivity index (χ2n) is 5.20. The Balaban J connectivity index is 1.91. The van der Waals surface area contributed by atoms with Gasteiger partial charge in [-0.25, -0.2) is 0 Å². The van der Waals surface area contributed by atoms with E-state index in [2.05, 4.69) is 67.1 Å². The Kier molecular flexibility index (Phi) is 6.01. The van der Waals surface area contributed by atoms with E-state index in [0.717, 1.165) is 18.0 Å². The third kappa shape index (κ3) is 5.35. The Morgan fingerprint density at radius 2 is 2.05 bits per heavy atom. The van der Waals surface area contributed by atoms with E-state index in [9.17, 15) is 0 Å². The zero-order chi connectivity index (χ0) is 15.1. The molecule has 3 heteroatoms. The summed E-state index contributed by atoms with van der Waals surface area (Å²) < 4.78 is 0. The maximum absolute atomic E-state index is 8.72. The molecule has 0 spiro atoms. The van der Waals surface area contributed by atoms with Crippen molar-refractivity contribution in [2.75, 3.05) is 13.7 Å². The number of rotatable bonds is 5. The Bertz CT molecular complexity index is 636. The summed E-state index contributed by atoms with van der Waals surface area (Å²) in [6, 6.07) is 12.8. The number of nitrogens with zero attached hydrogens (tertiary/aromatic N) is 1. The molecule has 0 unspecified atom stereocenters. The lowest BCUT2D eigenvalue weighted by Gasteiger charge is -2.15. The minimum atomic E-state index is 0.129. The lowest BCUT2D eigenvalue weighted by Crippen LogP contribution is -2.16. The zero-order valence-electron chi connectivity index (χ0n) is 12.6. The van der Waals surface area contributed by atoms with Gasteiger partial charge in [0.25, 0.3) is 0 Å². The van der Waals surface area contributed by atoms with Crippen molar-refractivity contribution in [1.82, 2.24) is 4.90 Å². The molecule has 2 rings (SSSR count). The van der Waals surface area contributed by atoms with Crippen molar-refractivity contribution in [2.24, 2.45) is 0 Å². The zero-order valence-corrected chi connectivity index (χ0v) is 13.4. The second-order valence-corrected chi connectivity index (χ2v) is 6.37. The van der Waals surface area contributed by atoms with Gasteiger partial charge in [0.15, 0.2) is 0 Å². The number of thiophene rings is 1. The van der Waals surface area contributed by atoms with Crippen LogP contribution in [0.25, 0.3) is 0 Å². The van der Waals surface area contributed by atoms with E-state index >= 15 is 0 Å². The summed E-state index contributed by atoms with van der Waals surface area (Å²) in [4.78, 5) is 4.70. The van der Waals surface area contributed by atoms with Gasteiger partial charge < -0.3 is 5.11 Å². The van der Waals surface area contributed by atoms with Crippen LogP contribution in [-0.2, 0) is 13.1 Å². The summed E-state index contributed by atoms with van der Waals surface area (Å²) in [5.74, 6) is 6.05. The van der Waals surface area contributed by atoms with Gasteiger partial charge in [0, 0.05) is 24.4 Å². The van der Waals surface area contributed by atoms with E-state index in [0.29, 0.717) is 6.42 Å². The quantitative estimate of drug-likeness (QED) is 0.855. The summed E-state index contributed by atoms with van der Waals surface area (Å²) in [7, 11) is 2.14. The van der Waals surface area contributed by atoms with Gasteiger partial charge >= 0.3 is 0 Å². The van der Waals surface area contributed by atoms with Crippen molar-refractivity contribution in [1.29, 1.82) is 0 Å². The molecule has 1 aromatic carbocycles. The van der Waals surface area contributed by atoms with E-state index in [1.54, 1.807) is 11.3 Å². The highest BCUT2D eigenvalue weighted by Gasteiger charge is 2.04. The SMILES string of the molecule is Cc1cccc(CN(C)Cc2ccc(C#CCCO)s2)c1. The molecule has 0 aliphatic heterocycles. The lowest BCUT2D eigenvalue weighted by molar-refractivity contribution is 0.305. The van der Waals surface area contributed by atoms with Crippen LogP contribution >= 0.6 is 11.3 Å². The first-order valence-corrected chi connectivity index (χ1v) is 7.91. The average molecular weight is 299 g/mol. The molecule has 0 atom stereocenters. The van der Waals surface area contributed by atoms with Gasteiger partial charge in [0.2, 0.25) is 0 Å². The van der Waals surface area contributed by atoms with Crippen molar-refractivity contribution < 1.29 is 5.11 Å². The second kappa shape index (κ2) is 7.99. The van der Waals surface area contributed by atoms with E-state index < -0.39 is 0 Å². The lowest BCUT2D eigenvalue weighted by atomic mass is 10.1. The molecule has 0 saturated carbocycles. The maximum Gasteiger partial charge on any atom is 0.0771 e. The van der Waals surface area contributed by atoms with Crippen LogP contribution in [0.15, 0.2) is 36.4 Å². The predicted octanol–water partition coefficient (Wildman–Crippen LogP) is 3.42. The number of aliphatic hydroxyl groups excluding tert-OH is 1. The summed E-state index contributed by atoms with van der Waals surface area (Å²) in [6.07, 6.45) is 0.542. The van der Waals surface area contributed by atoms with Crippen molar-refractivity contribution >= 4 is 11.3 Å². The molecule has 0 bridgehead atoms. The van der Waals surface area contributed by atoms with Crippen LogP contribution in [0.1, 0.15) is 27.3 Å². The van der Waals surface area contributed by atoms with Crippen LogP contribution in [0.4, 0.5) is 0 Å². The first-order valence-electron chi connectivity index (χ1n) is 7.10. The van der Waals surface area contributed by atoms with Crippen LogP contribution in [-0.4, -0.2) is 23.7 Å². The fourth-order valence-corrected chi connectivity index (χ4v) is 3.14. The number of aryl methyl sites for hydroxylation is 1. The molecule has 0 aliphatic rings. The van der Waals surface area contributed by atoms with Crippen LogP contribution < -0.4 is 0 Å². The molecular weight excluding hydrogens is 278 g/mol. The summed E-state index contributed by atoms with van der Waals surface area (Å²) in [6.45, 7) is 4.13. The number of hydrogen-bond acceptors (Lipinski definition) is 3. The minimum Gasteiger partial charge on any atom is -0.395 e. The Hall–Kier alpha value is -1.60. The van der Waals surface area contributed by atoms with Crippen LogP contribution in [0.2, 0.25) is 0 Å². The van der Waals surface area contributed by atoms with E-state index in [1.165, 1.54) is 16.0 Å². The first-order chi connectivity index (χ1) is 10.2. The Morgan fingerprint density at radius 1 is 1.19 bits per heavy atom. The van der Waals surface area contributed by atoms with Crippen LogP contribution in [0.3, 0.4) is 0 Å². The fraction of sp³-hybridized carbons (Fsp3) is 0.333. The molecule has 110 valence electrons. The third-order valence-electron chi connectivity index (χ3n) is 3.07. The molecule has 1 N–H and O–H groups in total. The Morgan fingerprint density at radius 3 is 2.81 bits per heavy atom. The molecule has 0 amide bonds. The van der Waals surface area contributed by atoms with Crippen molar-refractivity contribution in [2.45, 2.75) is 26.4 Å². The van der Waals surface area contributed by atoms with Gasteiger partial charge in [0.1, 0.15) is 0 Å². The standard InChI is InChI=1S/C18H21NOS/c1-15-6-5-7-16(12-15)13-19(2)14-18-10-9-17(21-18)8-3-4-11-20/h5-7,9-10,12,20H,4,11,13-14H2,1-2H3. The molecule has 2 aromatic rings. The Labute approximate surface area is 131 Å². The molecule has 1 aromatic heterocycles. The van der Waals surface area contributed by atoms with Crippen LogP contribution in [0.5, 0.6) is 0 Å². The van der Waals surface area contributed by atoms with Gasteiger partial charge in [0.05, 0.1) is 11.5 Å². The normalized spacial score (nSPS) is 10.5. The molecule has 0 aliphatic carbocycles. The summed E-state index contributed by atoms with van der Waals surface area (Å²) >= 11 is 1.73. The topological polar surface area (TPSA) is 23.5 Å². The van der Waals surface area contributed by atoms with Gasteiger partial charge in [-0.15, -0.1) is 11.3 Å². The highest BCUT2D eigenvalue weighted by atomic mass is 32.1. The minimum absolute atomic E-state index is 0.129. The largest absolute Gasteiger partial charge is 0.395 e. The number of benzene rings is 1. The highest BCUT2D eigenvalue weighted by molar-refractivity contribution is 7.12. The van der Waals surface area contributed by atoms with Crippen molar-refractivity contribution in [3.63, 3.8) is 0 Å². The van der Waals surface area contributed by atoms with Gasteiger partial charge in [-0.3, -0.25) is 4.90 Å². The van der Waals surface area contributed by atoms with Gasteiger partial charge in [-0.1, -0.05) is 41.7 Å². The molecule has 0 saturated heterocycles.